The number of allylic oxidation sites excluding steroid dienone is 3. The molecule has 0 rings (SSSR count). The lowest BCUT2D eigenvalue weighted by atomic mass is 10.1. The van der Waals surface area contributed by atoms with Gasteiger partial charge >= 0.3 is 0 Å². The molecule has 0 radical (unpaired) electrons. The van der Waals surface area contributed by atoms with Crippen LogP contribution in [0.15, 0.2) is 23.9 Å². The largest absolute Gasteiger partial charge is 0.405 e. The Labute approximate surface area is 57.3 Å². The van der Waals surface area contributed by atoms with Gasteiger partial charge in [-0.3, -0.25) is 0 Å². The van der Waals surface area contributed by atoms with Crippen molar-refractivity contribution in [2.75, 3.05) is 0 Å². The van der Waals surface area contributed by atoms with E-state index in [1.54, 1.807) is 6.20 Å². The SMILES string of the molecule is CC(/C=C\N)=C/C(C)C. The summed E-state index contributed by atoms with van der Waals surface area (Å²) in [6.07, 6.45) is 5.64. The third-order valence-corrected chi connectivity index (χ3v) is 0.955. The van der Waals surface area contributed by atoms with Gasteiger partial charge in [0.15, 0.2) is 0 Å². The molecule has 0 aliphatic heterocycles. The van der Waals surface area contributed by atoms with E-state index < -0.39 is 0 Å². The summed E-state index contributed by atoms with van der Waals surface area (Å²) < 4.78 is 0. The highest BCUT2D eigenvalue weighted by Gasteiger charge is 1.85. The number of hydrogen-bond acceptors (Lipinski definition) is 1. The van der Waals surface area contributed by atoms with Crippen LogP contribution in [0.25, 0.3) is 0 Å². The molecule has 2 N–H and O–H groups in total. The van der Waals surface area contributed by atoms with Crippen molar-refractivity contribution in [1.82, 2.24) is 0 Å². The molecule has 0 aromatic rings. The summed E-state index contributed by atoms with van der Waals surface area (Å²) in [4.78, 5) is 0. The van der Waals surface area contributed by atoms with E-state index in [1.807, 2.05) is 13.0 Å². The van der Waals surface area contributed by atoms with Crippen LogP contribution in [0.4, 0.5) is 0 Å². The topological polar surface area (TPSA) is 26.0 Å². The van der Waals surface area contributed by atoms with Gasteiger partial charge in [0.25, 0.3) is 0 Å². The first-order valence-corrected chi connectivity index (χ1v) is 3.23. The highest BCUT2D eigenvalue weighted by Crippen LogP contribution is 2.01. The Morgan fingerprint density at radius 2 is 2.00 bits per heavy atom. The third kappa shape index (κ3) is 5.15. The second-order valence-corrected chi connectivity index (χ2v) is 2.51. The molecule has 0 amide bonds. The Hall–Kier alpha value is -0.720. The second-order valence-electron chi connectivity index (χ2n) is 2.51. The number of hydrogen-bond donors (Lipinski definition) is 1. The third-order valence-electron chi connectivity index (χ3n) is 0.955. The Bertz CT molecular complexity index is 121. The van der Waals surface area contributed by atoms with E-state index in [-0.39, 0.29) is 0 Å². The lowest BCUT2D eigenvalue weighted by Crippen LogP contribution is -1.82. The average Bonchev–Trinajstić information content (AvgIpc) is 1.63. The molecule has 0 unspecified atom stereocenters. The lowest BCUT2D eigenvalue weighted by Gasteiger charge is -1.95. The molecule has 0 saturated carbocycles. The van der Waals surface area contributed by atoms with Gasteiger partial charge in [0.05, 0.1) is 0 Å². The number of nitrogens with two attached hydrogens (primary N) is 1. The molecule has 0 saturated heterocycles. The molecule has 0 aliphatic carbocycles. The maximum absolute atomic E-state index is 5.18. The van der Waals surface area contributed by atoms with Crippen LogP contribution in [0.5, 0.6) is 0 Å². The summed E-state index contributed by atoms with van der Waals surface area (Å²) in [5, 5.41) is 0. The molecule has 9 heavy (non-hydrogen) atoms. The van der Waals surface area contributed by atoms with Gasteiger partial charge in [-0.15, -0.1) is 0 Å². The highest BCUT2D eigenvalue weighted by atomic mass is 14.5. The van der Waals surface area contributed by atoms with E-state index in [4.69, 9.17) is 5.73 Å². The van der Waals surface area contributed by atoms with Crippen molar-refractivity contribution >= 4 is 0 Å². The van der Waals surface area contributed by atoms with Gasteiger partial charge in [0.1, 0.15) is 0 Å². The van der Waals surface area contributed by atoms with Crippen molar-refractivity contribution in [3.05, 3.63) is 23.9 Å². The van der Waals surface area contributed by atoms with Crippen LogP contribution in [-0.4, -0.2) is 0 Å². The predicted octanol–water partition coefficient (Wildman–Crippen LogP) is 2.06. The summed E-state index contributed by atoms with van der Waals surface area (Å²) in [5.74, 6) is 0.612. The number of rotatable bonds is 2. The van der Waals surface area contributed by atoms with Gasteiger partial charge in [0, 0.05) is 0 Å². The average molecular weight is 125 g/mol. The summed E-state index contributed by atoms with van der Waals surface area (Å²) in [7, 11) is 0. The second kappa shape index (κ2) is 4.19. The monoisotopic (exact) mass is 125 g/mol. The zero-order chi connectivity index (χ0) is 7.28. The molecule has 0 aromatic heterocycles. The Kier molecular flexibility index (Phi) is 3.85. The lowest BCUT2D eigenvalue weighted by molar-refractivity contribution is 0.825. The summed E-state index contributed by atoms with van der Waals surface area (Å²) >= 11 is 0. The summed E-state index contributed by atoms with van der Waals surface area (Å²) in [6.45, 7) is 6.34. The minimum absolute atomic E-state index is 0.612. The van der Waals surface area contributed by atoms with Crippen molar-refractivity contribution in [3.63, 3.8) is 0 Å². The van der Waals surface area contributed by atoms with Crippen LogP contribution in [0, 0.1) is 5.92 Å². The van der Waals surface area contributed by atoms with Crippen molar-refractivity contribution in [1.29, 1.82) is 0 Å². The molecule has 1 heteroatoms. The smallest absolute Gasteiger partial charge is 0.00598 e. The van der Waals surface area contributed by atoms with Gasteiger partial charge in [-0.25, -0.2) is 0 Å². The maximum Gasteiger partial charge on any atom is -0.00598 e. The van der Waals surface area contributed by atoms with Crippen LogP contribution < -0.4 is 5.73 Å². The Morgan fingerprint density at radius 1 is 1.44 bits per heavy atom. The summed E-state index contributed by atoms with van der Waals surface area (Å²) in [5.41, 5.74) is 6.41. The van der Waals surface area contributed by atoms with E-state index in [0.717, 1.165) is 0 Å². The molecule has 0 spiro atoms. The van der Waals surface area contributed by atoms with Crippen LogP contribution in [0.1, 0.15) is 20.8 Å². The van der Waals surface area contributed by atoms with Crippen LogP contribution in [-0.2, 0) is 0 Å². The van der Waals surface area contributed by atoms with E-state index in [2.05, 4.69) is 19.9 Å². The molecule has 0 heterocycles. The fourth-order valence-electron chi connectivity index (χ4n) is 0.733. The van der Waals surface area contributed by atoms with E-state index in [0.29, 0.717) is 5.92 Å². The predicted molar refractivity (Wildman–Crippen MR) is 41.9 cm³/mol. The van der Waals surface area contributed by atoms with Crippen LogP contribution in [0.2, 0.25) is 0 Å². The summed E-state index contributed by atoms with van der Waals surface area (Å²) in [6, 6.07) is 0. The van der Waals surface area contributed by atoms with Crippen LogP contribution >= 0.6 is 0 Å². The van der Waals surface area contributed by atoms with E-state index in [1.165, 1.54) is 5.57 Å². The van der Waals surface area contributed by atoms with Gasteiger partial charge < -0.3 is 5.73 Å². The van der Waals surface area contributed by atoms with Gasteiger partial charge in [0.2, 0.25) is 0 Å². The van der Waals surface area contributed by atoms with Crippen molar-refractivity contribution in [3.8, 4) is 0 Å². The molecule has 52 valence electrons. The molecule has 0 atom stereocenters. The molecule has 0 bridgehead atoms. The van der Waals surface area contributed by atoms with Crippen molar-refractivity contribution < 1.29 is 0 Å². The molecule has 0 fully saturated rings. The first kappa shape index (κ1) is 8.28. The van der Waals surface area contributed by atoms with E-state index in [9.17, 15) is 0 Å². The minimum atomic E-state index is 0.612. The maximum atomic E-state index is 5.18. The van der Waals surface area contributed by atoms with Gasteiger partial charge in [-0.05, 0) is 25.1 Å². The fraction of sp³-hybridized carbons (Fsp3) is 0.500. The fourth-order valence-corrected chi connectivity index (χ4v) is 0.733. The molecular weight excluding hydrogens is 110 g/mol. The molecular formula is C8H15N. The molecule has 0 aromatic carbocycles. The standard InChI is InChI=1S/C8H15N/c1-7(2)6-8(3)4-5-9/h4-7H,9H2,1-3H3/b5-4-,8-6-. The van der Waals surface area contributed by atoms with Crippen LogP contribution in [0.3, 0.4) is 0 Å². The zero-order valence-electron chi connectivity index (χ0n) is 6.39. The van der Waals surface area contributed by atoms with E-state index >= 15 is 0 Å². The molecule has 1 nitrogen and oxygen atoms in total. The molecule has 0 aliphatic rings. The van der Waals surface area contributed by atoms with Crippen molar-refractivity contribution in [2.45, 2.75) is 20.8 Å². The van der Waals surface area contributed by atoms with Gasteiger partial charge in [-0.2, -0.15) is 0 Å². The van der Waals surface area contributed by atoms with Crippen molar-refractivity contribution in [2.24, 2.45) is 11.7 Å². The minimum Gasteiger partial charge on any atom is -0.405 e. The zero-order valence-corrected chi connectivity index (χ0v) is 6.39. The Morgan fingerprint density at radius 3 is 2.33 bits per heavy atom. The Balaban J connectivity index is 3.84. The first-order chi connectivity index (χ1) is 4.16. The van der Waals surface area contributed by atoms with Gasteiger partial charge in [-0.1, -0.05) is 25.5 Å². The highest BCUT2D eigenvalue weighted by molar-refractivity contribution is 5.15. The first-order valence-electron chi connectivity index (χ1n) is 3.23. The normalized spacial score (nSPS) is 13.6. The quantitative estimate of drug-likeness (QED) is 0.562.